The van der Waals surface area contributed by atoms with Crippen molar-refractivity contribution >= 4 is 46.4 Å². The van der Waals surface area contributed by atoms with E-state index in [0.717, 1.165) is 5.56 Å². The van der Waals surface area contributed by atoms with Crippen LogP contribution in [0.1, 0.15) is 28.9 Å². The Bertz CT molecular complexity index is 665. The summed E-state index contributed by atoms with van der Waals surface area (Å²) in [6.45, 7) is 1.87. The topological polar surface area (TPSA) is 55.1 Å². The maximum Gasteiger partial charge on any atom is 0.251 e. The number of benzene rings is 2. The van der Waals surface area contributed by atoms with Crippen LogP contribution in [0.2, 0.25) is 15.1 Å². The van der Waals surface area contributed by atoms with Crippen molar-refractivity contribution in [3.63, 3.8) is 0 Å². The molecule has 3 N–H and O–H groups in total. The second-order valence-electron chi connectivity index (χ2n) is 4.60. The van der Waals surface area contributed by atoms with E-state index < -0.39 is 0 Å². The van der Waals surface area contributed by atoms with Crippen LogP contribution in [0.3, 0.4) is 0 Å². The number of halogens is 3. The number of hydrogen-bond acceptors (Lipinski definition) is 2. The fraction of sp³-hybridized carbons (Fsp3) is 0.133. The average Bonchev–Trinajstić information content (AvgIpc) is 2.44. The van der Waals surface area contributed by atoms with Crippen molar-refractivity contribution in [1.29, 1.82) is 0 Å². The van der Waals surface area contributed by atoms with E-state index in [1.54, 1.807) is 12.1 Å². The molecule has 0 saturated heterocycles. The highest BCUT2D eigenvalue weighted by Crippen LogP contribution is 2.29. The molecule has 21 heavy (non-hydrogen) atoms. The molecule has 3 nitrogen and oxygen atoms in total. The lowest BCUT2D eigenvalue weighted by atomic mass is 10.1. The summed E-state index contributed by atoms with van der Waals surface area (Å²) in [7, 11) is 0. The molecule has 0 aliphatic heterocycles. The first kappa shape index (κ1) is 16.0. The molecule has 0 aliphatic rings. The Balaban J connectivity index is 2.18. The van der Waals surface area contributed by atoms with Crippen LogP contribution in [0.15, 0.2) is 36.4 Å². The number of nitrogens with one attached hydrogen (secondary N) is 1. The molecule has 0 radical (unpaired) electrons. The van der Waals surface area contributed by atoms with Crippen molar-refractivity contribution in [2.45, 2.75) is 13.0 Å². The Labute approximate surface area is 138 Å². The predicted octanol–water partition coefficient (Wildman–Crippen LogP) is 4.72. The van der Waals surface area contributed by atoms with Crippen molar-refractivity contribution in [3.8, 4) is 0 Å². The van der Waals surface area contributed by atoms with E-state index in [0.29, 0.717) is 10.6 Å². The Morgan fingerprint density at radius 1 is 1.14 bits per heavy atom. The normalized spacial score (nSPS) is 12.0. The third-order valence-electron chi connectivity index (χ3n) is 3.04. The number of carbonyl (C=O) groups excluding carboxylic acids is 1. The van der Waals surface area contributed by atoms with Gasteiger partial charge in [-0.2, -0.15) is 0 Å². The van der Waals surface area contributed by atoms with Gasteiger partial charge in [0.15, 0.2) is 0 Å². The Morgan fingerprint density at radius 2 is 1.76 bits per heavy atom. The molecular weight excluding hydrogens is 331 g/mol. The molecule has 0 aliphatic carbocycles. The lowest BCUT2D eigenvalue weighted by Crippen LogP contribution is -2.26. The largest absolute Gasteiger partial charge is 0.396 e. The minimum absolute atomic E-state index is 0.202. The van der Waals surface area contributed by atoms with Gasteiger partial charge in [0.25, 0.3) is 5.91 Å². The molecule has 0 bridgehead atoms. The molecule has 1 unspecified atom stereocenters. The third kappa shape index (κ3) is 3.82. The maximum absolute atomic E-state index is 12.2. The Morgan fingerprint density at radius 3 is 2.33 bits per heavy atom. The fourth-order valence-corrected chi connectivity index (χ4v) is 2.54. The van der Waals surface area contributed by atoms with E-state index in [-0.39, 0.29) is 27.7 Å². The van der Waals surface area contributed by atoms with E-state index in [1.165, 1.54) is 12.1 Å². The minimum atomic E-state index is -0.286. The van der Waals surface area contributed by atoms with E-state index in [1.807, 2.05) is 19.1 Å². The summed E-state index contributed by atoms with van der Waals surface area (Å²) in [6.07, 6.45) is 0. The van der Waals surface area contributed by atoms with Gasteiger partial charge in [-0.05, 0) is 36.8 Å². The van der Waals surface area contributed by atoms with Crippen LogP contribution in [0.25, 0.3) is 0 Å². The molecule has 0 aromatic heterocycles. The van der Waals surface area contributed by atoms with Gasteiger partial charge in [-0.25, -0.2) is 0 Å². The number of anilines is 1. The minimum Gasteiger partial charge on any atom is -0.396 e. The number of nitrogen functional groups attached to an aromatic ring is 1. The Kier molecular flexibility index (Phi) is 4.99. The first-order valence-electron chi connectivity index (χ1n) is 6.19. The molecular formula is C15H13Cl3N2O. The molecule has 0 spiro atoms. The van der Waals surface area contributed by atoms with Gasteiger partial charge < -0.3 is 11.1 Å². The lowest BCUT2D eigenvalue weighted by Gasteiger charge is -2.15. The summed E-state index contributed by atoms with van der Waals surface area (Å²) in [5, 5.41) is 3.98. The van der Waals surface area contributed by atoms with Gasteiger partial charge in [-0.1, -0.05) is 46.9 Å². The molecule has 0 saturated carbocycles. The van der Waals surface area contributed by atoms with Gasteiger partial charge in [0.1, 0.15) is 0 Å². The number of hydrogen-bond donors (Lipinski definition) is 2. The molecule has 1 atom stereocenters. The molecule has 0 heterocycles. The van der Waals surface area contributed by atoms with Crippen molar-refractivity contribution in [1.82, 2.24) is 5.32 Å². The van der Waals surface area contributed by atoms with E-state index >= 15 is 0 Å². The quantitative estimate of drug-likeness (QED) is 0.792. The molecule has 2 aromatic carbocycles. The van der Waals surface area contributed by atoms with Crippen molar-refractivity contribution in [3.05, 3.63) is 62.6 Å². The summed E-state index contributed by atoms with van der Waals surface area (Å²) in [6, 6.07) is 10.1. The summed E-state index contributed by atoms with van der Waals surface area (Å²) < 4.78 is 0. The van der Waals surface area contributed by atoms with Gasteiger partial charge in [0.05, 0.1) is 21.8 Å². The lowest BCUT2D eigenvalue weighted by molar-refractivity contribution is 0.0940. The van der Waals surface area contributed by atoms with Crippen LogP contribution >= 0.6 is 34.8 Å². The van der Waals surface area contributed by atoms with Crippen LogP contribution in [-0.4, -0.2) is 5.91 Å². The van der Waals surface area contributed by atoms with Crippen LogP contribution < -0.4 is 11.1 Å². The van der Waals surface area contributed by atoms with Gasteiger partial charge in [0, 0.05) is 10.6 Å². The SMILES string of the molecule is CC(NC(=O)c1cc(Cl)c(N)c(Cl)c1)c1cccc(Cl)c1. The van der Waals surface area contributed by atoms with Crippen molar-refractivity contribution in [2.75, 3.05) is 5.73 Å². The zero-order chi connectivity index (χ0) is 15.6. The third-order valence-corrected chi connectivity index (χ3v) is 3.90. The molecule has 2 rings (SSSR count). The molecule has 6 heteroatoms. The summed E-state index contributed by atoms with van der Waals surface area (Å²) in [4.78, 5) is 12.2. The molecule has 110 valence electrons. The number of amides is 1. The molecule has 0 fully saturated rings. The smallest absolute Gasteiger partial charge is 0.251 e. The predicted molar refractivity (Wildman–Crippen MR) is 88.2 cm³/mol. The van der Waals surface area contributed by atoms with Gasteiger partial charge >= 0.3 is 0 Å². The fourth-order valence-electron chi connectivity index (χ4n) is 1.85. The number of carbonyl (C=O) groups is 1. The summed E-state index contributed by atoms with van der Waals surface area (Å²) in [5.41, 5.74) is 7.17. The highest BCUT2D eigenvalue weighted by Gasteiger charge is 2.14. The van der Waals surface area contributed by atoms with Crippen LogP contribution in [-0.2, 0) is 0 Å². The summed E-state index contributed by atoms with van der Waals surface area (Å²) >= 11 is 17.8. The van der Waals surface area contributed by atoms with E-state index in [2.05, 4.69) is 5.32 Å². The van der Waals surface area contributed by atoms with Gasteiger partial charge in [-0.15, -0.1) is 0 Å². The zero-order valence-electron chi connectivity index (χ0n) is 11.2. The zero-order valence-corrected chi connectivity index (χ0v) is 13.4. The molecule has 2 aromatic rings. The average molecular weight is 344 g/mol. The monoisotopic (exact) mass is 342 g/mol. The standard InChI is InChI=1S/C15H13Cl3N2O/c1-8(9-3-2-4-11(16)5-9)20-15(21)10-6-12(17)14(19)13(18)7-10/h2-8H,19H2,1H3,(H,20,21). The van der Waals surface area contributed by atoms with Crippen molar-refractivity contribution in [2.24, 2.45) is 0 Å². The van der Waals surface area contributed by atoms with Crippen LogP contribution in [0, 0.1) is 0 Å². The highest BCUT2D eigenvalue weighted by atomic mass is 35.5. The summed E-state index contributed by atoms with van der Waals surface area (Å²) in [5.74, 6) is -0.286. The van der Waals surface area contributed by atoms with Gasteiger partial charge in [-0.3, -0.25) is 4.79 Å². The van der Waals surface area contributed by atoms with E-state index in [9.17, 15) is 4.79 Å². The molecule has 1 amide bonds. The highest BCUT2D eigenvalue weighted by molar-refractivity contribution is 6.39. The Hall–Kier alpha value is -1.42. The van der Waals surface area contributed by atoms with Crippen molar-refractivity contribution < 1.29 is 4.79 Å². The first-order valence-corrected chi connectivity index (χ1v) is 7.32. The second-order valence-corrected chi connectivity index (χ2v) is 5.85. The number of nitrogens with two attached hydrogens (primary N) is 1. The van der Waals surface area contributed by atoms with E-state index in [4.69, 9.17) is 40.5 Å². The number of rotatable bonds is 3. The second kappa shape index (κ2) is 6.56. The first-order chi connectivity index (χ1) is 9.88. The maximum atomic E-state index is 12.2. The van der Waals surface area contributed by atoms with Gasteiger partial charge in [0.2, 0.25) is 0 Å². The van der Waals surface area contributed by atoms with Crippen LogP contribution in [0.5, 0.6) is 0 Å². The van der Waals surface area contributed by atoms with Crippen LogP contribution in [0.4, 0.5) is 5.69 Å².